The second-order valence-corrected chi connectivity index (χ2v) is 26.9. The molecule has 0 heterocycles. The van der Waals surface area contributed by atoms with E-state index in [4.69, 9.17) is 37.0 Å². The van der Waals surface area contributed by atoms with Crippen LogP contribution in [0.3, 0.4) is 0 Å². The summed E-state index contributed by atoms with van der Waals surface area (Å²) in [6.07, 6.45) is 48.0. The van der Waals surface area contributed by atoms with Crippen molar-refractivity contribution in [1.82, 2.24) is 0 Å². The molecule has 506 valence electrons. The fourth-order valence-corrected chi connectivity index (χ4v) is 11.2. The Morgan fingerprint density at radius 3 is 0.953 bits per heavy atom. The second kappa shape index (κ2) is 60.1. The molecule has 0 aromatic heterocycles. The van der Waals surface area contributed by atoms with Crippen molar-refractivity contribution in [2.75, 3.05) is 39.6 Å². The van der Waals surface area contributed by atoms with Crippen molar-refractivity contribution >= 4 is 39.5 Å². The van der Waals surface area contributed by atoms with E-state index < -0.39 is 97.5 Å². The highest BCUT2D eigenvalue weighted by molar-refractivity contribution is 7.47. The molecule has 5 atom stereocenters. The predicted molar refractivity (Wildman–Crippen MR) is 344 cm³/mol. The number of aliphatic hydroxyl groups is 1. The number of unbranched alkanes of at least 4 members (excludes halogenated alkanes) is 34. The first-order valence-corrected chi connectivity index (χ1v) is 37.4. The number of esters is 4. The van der Waals surface area contributed by atoms with Gasteiger partial charge in [0.05, 0.1) is 26.4 Å². The van der Waals surface area contributed by atoms with Crippen molar-refractivity contribution in [3.63, 3.8) is 0 Å². The van der Waals surface area contributed by atoms with Gasteiger partial charge < -0.3 is 33.8 Å². The summed E-state index contributed by atoms with van der Waals surface area (Å²) in [5, 5.41) is 10.5. The molecule has 0 bridgehead atoms. The van der Waals surface area contributed by atoms with Crippen LogP contribution in [0.15, 0.2) is 24.3 Å². The lowest BCUT2D eigenvalue weighted by Crippen LogP contribution is -2.30. The molecule has 0 saturated heterocycles. The third kappa shape index (κ3) is 60.5. The highest BCUT2D eigenvalue weighted by atomic mass is 31.2. The normalized spacial score (nSPS) is 14.3. The minimum absolute atomic E-state index is 0.0852. The van der Waals surface area contributed by atoms with Crippen molar-refractivity contribution in [3.05, 3.63) is 24.3 Å². The first kappa shape index (κ1) is 83.5. The summed E-state index contributed by atoms with van der Waals surface area (Å²) in [4.78, 5) is 72.3. The first-order chi connectivity index (χ1) is 41.5. The van der Waals surface area contributed by atoms with Gasteiger partial charge in [-0.2, -0.15) is 0 Å². The SMILES string of the molecule is CCCCCC/C=C\C=C/CCCCCCCC(=O)O[C@H](COC(=O)CCCCCCCCCCCCCC)COP(=O)(O)OC[C@@H](O)COP(=O)(O)OC[C@@H](COC(=O)CCCCCCCCCCC)OC(=O)CCCCCCCCCC(C)C. The molecule has 17 nitrogen and oxygen atoms in total. The summed E-state index contributed by atoms with van der Waals surface area (Å²) in [7, 11) is -9.90. The Labute approximate surface area is 522 Å². The average molecular weight is 1270 g/mol. The van der Waals surface area contributed by atoms with Crippen LogP contribution in [-0.4, -0.2) is 96.7 Å². The van der Waals surface area contributed by atoms with Crippen molar-refractivity contribution < 1.29 is 80.2 Å². The van der Waals surface area contributed by atoms with Crippen LogP contribution >= 0.6 is 15.6 Å². The molecule has 0 spiro atoms. The van der Waals surface area contributed by atoms with E-state index in [2.05, 4.69) is 58.9 Å². The third-order valence-electron chi connectivity index (χ3n) is 14.9. The number of phosphoric acid groups is 2. The fourth-order valence-electron chi connectivity index (χ4n) is 9.57. The number of carbonyl (C=O) groups excluding carboxylic acids is 4. The molecule has 0 aromatic carbocycles. The van der Waals surface area contributed by atoms with Gasteiger partial charge in [-0.25, -0.2) is 9.13 Å². The van der Waals surface area contributed by atoms with E-state index >= 15 is 0 Å². The average Bonchev–Trinajstić information content (AvgIpc) is 3.68. The van der Waals surface area contributed by atoms with Gasteiger partial charge in [-0.15, -0.1) is 0 Å². The zero-order valence-electron chi connectivity index (χ0n) is 54.9. The van der Waals surface area contributed by atoms with Crippen molar-refractivity contribution in [2.45, 2.75) is 335 Å². The minimum Gasteiger partial charge on any atom is -0.462 e. The number of hydrogen-bond acceptors (Lipinski definition) is 15. The van der Waals surface area contributed by atoms with E-state index in [1.165, 1.54) is 128 Å². The Morgan fingerprint density at radius 2 is 0.628 bits per heavy atom. The number of phosphoric ester groups is 2. The van der Waals surface area contributed by atoms with Gasteiger partial charge in [-0.05, 0) is 57.3 Å². The van der Waals surface area contributed by atoms with Crippen LogP contribution in [0.2, 0.25) is 0 Å². The lowest BCUT2D eigenvalue weighted by atomic mass is 10.0. The van der Waals surface area contributed by atoms with Crippen molar-refractivity contribution in [3.8, 4) is 0 Å². The fraction of sp³-hybridized carbons (Fsp3) is 0.881. The van der Waals surface area contributed by atoms with Gasteiger partial charge in [0, 0.05) is 25.7 Å². The van der Waals surface area contributed by atoms with Crippen LogP contribution in [-0.2, 0) is 65.4 Å². The Morgan fingerprint density at radius 1 is 0.360 bits per heavy atom. The number of allylic oxidation sites excluding steroid dienone is 4. The number of rotatable bonds is 65. The summed E-state index contributed by atoms with van der Waals surface area (Å²) in [5.41, 5.74) is 0. The van der Waals surface area contributed by atoms with Gasteiger partial charge in [0.25, 0.3) is 0 Å². The highest BCUT2D eigenvalue weighted by Gasteiger charge is 2.30. The van der Waals surface area contributed by atoms with Gasteiger partial charge in [0.1, 0.15) is 19.3 Å². The van der Waals surface area contributed by atoms with Crippen molar-refractivity contribution in [1.29, 1.82) is 0 Å². The molecular weight excluding hydrogens is 1140 g/mol. The smallest absolute Gasteiger partial charge is 0.462 e. The lowest BCUT2D eigenvalue weighted by Gasteiger charge is -2.21. The Balaban J connectivity index is 5.27. The molecule has 2 unspecified atom stereocenters. The van der Waals surface area contributed by atoms with Crippen LogP contribution in [0, 0.1) is 5.92 Å². The standard InChI is InChI=1S/C67H126O17P2/c1-6-9-12-15-18-21-23-25-26-27-29-32-37-42-47-52-66(71)83-62(56-78-65(70)51-46-41-36-31-28-24-22-19-16-13-10-7-2)58-81-85(73,74)79-54-61(68)55-80-86(75,76)82-59-63(57-77-64(69)50-45-40-35-30-20-17-14-11-8-3)84-67(72)53-48-43-38-33-34-39-44-49-60(4)5/h21,23,25-26,60-63,68H,6-20,22,24,27-59H2,1-5H3,(H,73,74)(H,75,76)/b23-21-,26-25-/t61-,62-,63-/m1/s1. The largest absolute Gasteiger partial charge is 0.472 e. The maximum absolute atomic E-state index is 13.0. The molecule has 0 amide bonds. The second-order valence-electron chi connectivity index (χ2n) is 24.0. The Hall–Kier alpha value is -2.46. The summed E-state index contributed by atoms with van der Waals surface area (Å²) in [5.74, 6) is -1.47. The Bertz CT molecular complexity index is 1760. The zero-order valence-corrected chi connectivity index (χ0v) is 56.7. The molecule has 0 aromatic rings. The number of ether oxygens (including phenoxy) is 4. The zero-order chi connectivity index (χ0) is 63.5. The number of carbonyl (C=O) groups is 4. The molecule has 86 heavy (non-hydrogen) atoms. The molecule has 0 fully saturated rings. The van der Waals surface area contributed by atoms with Crippen molar-refractivity contribution in [2.24, 2.45) is 5.92 Å². The lowest BCUT2D eigenvalue weighted by molar-refractivity contribution is -0.161. The predicted octanol–water partition coefficient (Wildman–Crippen LogP) is 18.5. The van der Waals surface area contributed by atoms with E-state index in [-0.39, 0.29) is 25.7 Å². The van der Waals surface area contributed by atoms with Gasteiger partial charge in [0.2, 0.25) is 0 Å². The topological polar surface area (TPSA) is 237 Å². The van der Waals surface area contributed by atoms with Crippen LogP contribution < -0.4 is 0 Å². The van der Waals surface area contributed by atoms with E-state index in [0.717, 1.165) is 103 Å². The van der Waals surface area contributed by atoms with Gasteiger partial charge in [-0.1, -0.05) is 264 Å². The summed E-state index contributed by atoms with van der Waals surface area (Å²) in [6, 6.07) is 0. The quantitative estimate of drug-likeness (QED) is 0.0169. The maximum atomic E-state index is 13.0. The van der Waals surface area contributed by atoms with E-state index in [0.29, 0.717) is 31.6 Å². The van der Waals surface area contributed by atoms with E-state index in [1.807, 2.05) is 0 Å². The molecule has 0 aliphatic carbocycles. The van der Waals surface area contributed by atoms with Crippen LogP contribution in [0.5, 0.6) is 0 Å². The highest BCUT2D eigenvalue weighted by Crippen LogP contribution is 2.45. The van der Waals surface area contributed by atoms with Crippen LogP contribution in [0.25, 0.3) is 0 Å². The molecule has 0 saturated carbocycles. The molecule has 0 aliphatic rings. The molecule has 19 heteroatoms. The van der Waals surface area contributed by atoms with Gasteiger partial charge in [0.15, 0.2) is 12.2 Å². The van der Waals surface area contributed by atoms with E-state index in [1.54, 1.807) is 0 Å². The first-order valence-electron chi connectivity index (χ1n) is 34.5. The van der Waals surface area contributed by atoms with Crippen LogP contribution in [0.1, 0.15) is 317 Å². The Kier molecular flexibility index (Phi) is 58.4. The minimum atomic E-state index is -4.96. The number of hydrogen-bond donors (Lipinski definition) is 3. The monoisotopic (exact) mass is 1260 g/mol. The molecule has 3 N–H and O–H groups in total. The van der Waals surface area contributed by atoms with E-state index in [9.17, 15) is 43.2 Å². The summed E-state index contributed by atoms with van der Waals surface area (Å²) < 4.78 is 68.0. The maximum Gasteiger partial charge on any atom is 0.472 e. The van der Waals surface area contributed by atoms with Crippen LogP contribution in [0.4, 0.5) is 0 Å². The summed E-state index contributed by atoms with van der Waals surface area (Å²) >= 11 is 0. The third-order valence-corrected chi connectivity index (χ3v) is 16.8. The van der Waals surface area contributed by atoms with Gasteiger partial charge in [-0.3, -0.25) is 37.3 Å². The molecule has 0 aliphatic heterocycles. The molecule has 0 rings (SSSR count). The molecule has 0 radical (unpaired) electrons. The van der Waals surface area contributed by atoms with Gasteiger partial charge >= 0.3 is 39.5 Å². The molecular formula is C67H126O17P2. The summed E-state index contributed by atoms with van der Waals surface area (Å²) in [6.45, 7) is 7.07. The number of aliphatic hydroxyl groups excluding tert-OH is 1.